The molecule has 0 aromatic heterocycles. The van der Waals surface area contributed by atoms with E-state index in [9.17, 15) is 9.59 Å². The predicted octanol–water partition coefficient (Wildman–Crippen LogP) is 6.99. The van der Waals surface area contributed by atoms with Crippen LogP contribution in [-0.4, -0.2) is 23.1 Å². The van der Waals surface area contributed by atoms with Crippen molar-refractivity contribution in [3.63, 3.8) is 0 Å². The maximum absolute atomic E-state index is 12.1. The third-order valence-corrected chi connectivity index (χ3v) is 4.94. The second kappa shape index (κ2) is 20.2. The van der Waals surface area contributed by atoms with Gasteiger partial charge in [-0.15, -0.1) is 13.2 Å². The van der Waals surface area contributed by atoms with E-state index < -0.39 is 5.97 Å². The van der Waals surface area contributed by atoms with Crippen LogP contribution in [0.4, 0.5) is 0 Å². The molecule has 0 fully saturated rings. The first-order valence-corrected chi connectivity index (χ1v) is 11.2. The number of allylic oxidation sites excluding steroid dienone is 2. The molecule has 0 aliphatic heterocycles. The van der Waals surface area contributed by atoms with Crippen molar-refractivity contribution >= 4 is 11.9 Å². The molecule has 0 aliphatic rings. The number of hydrogen-bond acceptors (Lipinski definition) is 3. The van der Waals surface area contributed by atoms with Gasteiger partial charge in [-0.2, -0.15) is 0 Å². The van der Waals surface area contributed by atoms with Crippen LogP contribution < -0.4 is 0 Å². The zero-order valence-electron chi connectivity index (χ0n) is 17.8. The lowest BCUT2D eigenvalue weighted by Gasteiger charge is -2.18. The number of aliphatic carboxylic acids is 1. The fraction of sp³-hybridized carbons (Fsp3) is 0.750. The van der Waals surface area contributed by atoms with Gasteiger partial charge in [-0.05, 0) is 64.2 Å². The summed E-state index contributed by atoms with van der Waals surface area (Å²) in [7, 11) is 0. The Balaban J connectivity index is 4.07. The summed E-state index contributed by atoms with van der Waals surface area (Å²) in [6.45, 7) is 7.50. The minimum absolute atomic E-state index is 0.0327. The summed E-state index contributed by atoms with van der Waals surface area (Å²) in [6, 6.07) is 0. The number of carbonyl (C=O) groups is 2. The van der Waals surface area contributed by atoms with Gasteiger partial charge in [0.1, 0.15) is 6.10 Å². The van der Waals surface area contributed by atoms with Crippen molar-refractivity contribution < 1.29 is 19.4 Å². The third kappa shape index (κ3) is 19.2. The van der Waals surface area contributed by atoms with Gasteiger partial charge in [-0.1, -0.05) is 44.3 Å². The molecule has 0 unspecified atom stereocenters. The SMILES string of the molecule is C=CCCCCCCC(CCCCCCC=C)OC(=O)CCCCCC(=O)O. The summed E-state index contributed by atoms with van der Waals surface area (Å²) in [5.74, 6) is -0.900. The molecule has 0 heterocycles. The molecule has 0 aromatic rings. The highest BCUT2D eigenvalue weighted by Gasteiger charge is 2.14. The van der Waals surface area contributed by atoms with Crippen LogP contribution in [0.5, 0.6) is 0 Å². The molecule has 0 bridgehead atoms. The van der Waals surface area contributed by atoms with E-state index in [1.165, 1.54) is 38.5 Å². The van der Waals surface area contributed by atoms with Crippen molar-refractivity contribution in [2.75, 3.05) is 0 Å². The molecule has 0 amide bonds. The van der Waals surface area contributed by atoms with Gasteiger partial charge in [-0.3, -0.25) is 9.59 Å². The molecule has 28 heavy (non-hydrogen) atoms. The van der Waals surface area contributed by atoms with Crippen molar-refractivity contribution in [3.05, 3.63) is 25.3 Å². The Kier molecular flexibility index (Phi) is 19.0. The van der Waals surface area contributed by atoms with E-state index in [0.717, 1.165) is 44.9 Å². The second-order valence-corrected chi connectivity index (χ2v) is 7.63. The smallest absolute Gasteiger partial charge is 0.306 e. The van der Waals surface area contributed by atoms with Crippen LogP contribution in [0.3, 0.4) is 0 Å². The average Bonchev–Trinajstić information content (AvgIpc) is 2.66. The van der Waals surface area contributed by atoms with Crippen molar-refractivity contribution in [1.82, 2.24) is 0 Å². The first kappa shape index (κ1) is 26.4. The highest BCUT2D eigenvalue weighted by molar-refractivity contribution is 5.69. The summed E-state index contributed by atoms with van der Waals surface area (Å²) < 4.78 is 5.75. The Morgan fingerprint density at radius 3 is 1.68 bits per heavy atom. The highest BCUT2D eigenvalue weighted by Crippen LogP contribution is 2.17. The molecule has 0 atom stereocenters. The molecule has 0 aromatic carbocycles. The van der Waals surface area contributed by atoms with E-state index in [1.807, 2.05) is 12.2 Å². The Labute approximate surface area is 172 Å². The summed E-state index contributed by atoms with van der Waals surface area (Å²) in [6.07, 6.45) is 20.0. The van der Waals surface area contributed by atoms with Crippen LogP contribution in [0, 0.1) is 0 Å². The standard InChI is InChI=1S/C24H42O4/c1-3-5-7-9-11-14-18-22(19-15-12-10-8-6-4-2)28-24(27)21-17-13-16-20-23(25)26/h3-4,22H,1-2,5-21H2,(H,25,26). The molecule has 0 aliphatic carbocycles. The van der Waals surface area contributed by atoms with Crippen molar-refractivity contribution in [2.24, 2.45) is 0 Å². The van der Waals surface area contributed by atoms with Gasteiger partial charge >= 0.3 is 11.9 Å². The van der Waals surface area contributed by atoms with E-state index in [4.69, 9.17) is 9.84 Å². The summed E-state index contributed by atoms with van der Waals surface area (Å²) >= 11 is 0. The van der Waals surface area contributed by atoms with E-state index >= 15 is 0 Å². The first-order valence-electron chi connectivity index (χ1n) is 11.2. The maximum Gasteiger partial charge on any atom is 0.306 e. The minimum Gasteiger partial charge on any atom is -0.481 e. The van der Waals surface area contributed by atoms with Gasteiger partial charge in [0.05, 0.1) is 0 Å². The molecule has 4 nitrogen and oxygen atoms in total. The number of esters is 1. The monoisotopic (exact) mass is 394 g/mol. The van der Waals surface area contributed by atoms with Gasteiger partial charge in [-0.25, -0.2) is 0 Å². The molecule has 1 N–H and O–H groups in total. The quantitative estimate of drug-likeness (QED) is 0.129. The van der Waals surface area contributed by atoms with Gasteiger partial charge in [0.2, 0.25) is 0 Å². The number of rotatable bonds is 21. The Morgan fingerprint density at radius 2 is 1.18 bits per heavy atom. The predicted molar refractivity (Wildman–Crippen MR) is 116 cm³/mol. The number of ether oxygens (including phenoxy) is 1. The Hall–Kier alpha value is -1.58. The molecule has 0 saturated carbocycles. The fourth-order valence-electron chi connectivity index (χ4n) is 3.26. The number of carboxylic acid groups (broad SMARTS) is 1. The summed E-state index contributed by atoms with van der Waals surface area (Å²) in [5.41, 5.74) is 0. The van der Waals surface area contributed by atoms with E-state index in [2.05, 4.69) is 13.2 Å². The van der Waals surface area contributed by atoms with Gasteiger partial charge in [0.25, 0.3) is 0 Å². The van der Waals surface area contributed by atoms with Crippen LogP contribution in [0.25, 0.3) is 0 Å². The molecule has 162 valence electrons. The largest absolute Gasteiger partial charge is 0.481 e. The number of carboxylic acids is 1. The molecular formula is C24H42O4. The average molecular weight is 395 g/mol. The van der Waals surface area contributed by atoms with Crippen molar-refractivity contribution in [3.8, 4) is 0 Å². The highest BCUT2D eigenvalue weighted by atomic mass is 16.5. The fourth-order valence-corrected chi connectivity index (χ4v) is 3.26. The molecular weight excluding hydrogens is 352 g/mol. The van der Waals surface area contributed by atoms with Crippen LogP contribution in [0.15, 0.2) is 25.3 Å². The number of carbonyl (C=O) groups excluding carboxylic acids is 1. The molecule has 0 rings (SSSR count). The zero-order valence-corrected chi connectivity index (χ0v) is 17.8. The maximum atomic E-state index is 12.1. The second-order valence-electron chi connectivity index (χ2n) is 7.63. The normalized spacial score (nSPS) is 10.8. The molecule has 4 heteroatoms. The Morgan fingerprint density at radius 1 is 0.714 bits per heavy atom. The van der Waals surface area contributed by atoms with Gasteiger partial charge in [0, 0.05) is 12.8 Å². The minimum atomic E-state index is -0.774. The van der Waals surface area contributed by atoms with Gasteiger partial charge in [0.15, 0.2) is 0 Å². The first-order chi connectivity index (χ1) is 13.6. The number of unbranched alkanes of at least 4 members (excludes halogenated alkanes) is 10. The van der Waals surface area contributed by atoms with Crippen LogP contribution in [-0.2, 0) is 14.3 Å². The van der Waals surface area contributed by atoms with Crippen LogP contribution >= 0.6 is 0 Å². The lowest BCUT2D eigenvalue weighted by atomic mass is 10.0. The van der Waals surface area contributed by atoms with Crippen molar-refractivity contribution in [1.29, 1.82) is 0 Å². The van der Waals surface area contributed by atoms with Crippen molar-refractivity contribution in [2.45, 2.75) is 115 Å². The number of hydrogen-bond donors (Lipinski definition) is 1. The Bertz CT molecular complexity index is 397. The lowest BCUT2D eigenvalue weighted by molar-refractivity contribution is -0.150. The van der Waals surface area contributed by atoms with Crippen LogP contribution in [0.1, 0.15) is 109 Å². The molecule has 0 spiro atoms. The van der Waals surface area contributed by atoms with E-state index in [0.29, 0.717) is 19.3 Å². The van der Waals surface area contributed by atoms with Gasteiger partial charge < -0.3 is 9.84 Å². The topological polar surface area (TPSA) is 63.6 Å². The van der Waals surface area contributed by atoms with E-state index in [1.54, 1.807) is 0 Å². The summed E-state index contributed by atoms with van der Waals surface area (Å²) in [5, 5.41) is 8.64. The summed E-state index contributed by atoms with van der Waals surface area (Å²) in [4.78, 5) is 22.6. The third-order valence-electron chi connectivity index (χ3n) is 4.94. The molecule has 0 saturated heterocycles. The lowest BCUT2D eigenvalue weighted by Crippen LogP contribution is -2.18. The van der Waals surface area contributed by atoms with E-state index in [-0.39, 0.29) is 18.5 Å². The zero-order chi connectivity index (χ0) is 20.9. The van der Waals surface area contributed by atoms with Crippen LogP contribution in [0.2, 0.25) is 0 Å². The molecule has 0 radical (unpaired) electrons.